The largest absolute Gasteiger partial charge is 1.00 e. The molecule has 0 saturated carbocycles. The van der Waals surface area contributed by atoms with E-state index >= 15 is 0 Å². The third kappa shape index (κ3) is 28.0. The molecule has 2 atom stereocenters. The molecule has 2 unspecified atom stereocenters. The van der Waals surface area contributed by atoms with Gasteiger partial charge in [0.15, 0.2) is 11.6 Å². The van der Waals surface area contributed by atoms with Crippen LogP contribution in [0.15, 0.2) is 0 Å². The van der Waals surface area contributed by atoms with Crippen molar-refractivity contribution in [1.82, 2.24) is 0 Å². The normalized spacial score (nSPS) is 19.9. The summed E-state index contributed by atoms with van der Waals surface area (Å²) in [6.07, 6.45) is 46.5. The predicted octanol–water partition coefficient (Wildman–Crippen LogP) is 9.52. The molecule has 280 valence electrons. The minimum Gasteiger partial charge on any atom is -0.550 e. The molecule has 6 heteroatoms. The Morgan fingerprint density at radius 1 is 0.479 bits per heavy atom. The van der Waals surface area contributed by atoms with Gasteiger partial charge in [-0.15, -0.1) is 0 Å². The fourth-order valence-electron chi connectivity index (χ4n) is 7.19. The van der Waals surface area contributed by atoms with Gasteiger partial charge in [0.05, 0.1) is 13.2 Å². The summed E-state index contributed by atoms with van der Waals surface area (Å²) in [4.78, 5) is 8.89. The summed E-state index contributed by atoms with van der Waals surface area (Å²) >= 11 is 0. The fourth-order valence-corrected chi connectivity index (χ4v) is 7.19. The van der Waals surface area contributed by atoms with Gasteiger partial charge in [-0.25, -0.2) is 0 Å². The molecule has 0 aromatic rings. The Morgan fingerprint density at radius 2 is 0.667 bits per heavy atom. The zero-order chi connectivity index (χ0) is 34.2. The monoisotopic (exact) mass is 689 g/mol. The van der Waals surface area contributed by atoms with Gasteiger partial charge < -0.3 is 24.1 Å². The summed E-state index contributed by atoms with van der Waals surface area (Å²) in [6, 6.07) is 0. The van der Waals surface area contributed by atoms with E-state index in [0.717, 1.165) is 45.8 Å². The number of rotatable bonds is 34. The van der Waals surface area contributed by atoms with Crippen molar-refractivity contribution in [2.24, 2.45) is 0 Å². The van der Waals surface area contributed by atoms with Crippen molar-refractivity contribution in [3.05, 3.63) is 0 Å². The second-order valence-corrected chi connectivity index (χ2v) is 15.0. The van der Waals surface area contributed by atoms with E-state index in [4.69, 9.17) is 24.1 Å². The average molecular weight is 689 g/mol. The molecular formula is C42H81NaO5. The molecule has 0 N–H and O–H groups in total. The Morgan fingerprint density at radius 3 is 0.833 bits per heavy atom. The minimum absolute atomic E-state index is 0. The van der Waals surface area contributed by atoms with Gasteiger partial charge >= 0.3 is 29.6 Å². The maximum absolute atomic E-state index is 8.89. The Labute approximate surface area is 321 Å². The number of carboxylic acid groups (broad SMARTS) is 1. The van der Waals surface area contributed by atoms with E-state index in [1.54, 1.807) is 0 Å². The molecule has 5 nitrogen and oxygen atoms in total. The number of ether oxygens (including phenoxy) is 3. The van der Waals surface area contributed by atoms with Crippen molar-refractivity contribution in [1.29, 1.82) is 0 Å². The van der Waals surface area contributed by atoms with Crippen LogP contribution >= 0.6 is 0 Å². The SMILES string of the molecule is CC(=O)[O-].CCCCCCCCCCCCCCCCCC1(OC2(CCCCCCCCCCCCCCCCC)CCO2)CCO1.[Na+]. The number of carbonyl (C=O) groups excluding carboxylic acids is 1. The van der Waals surface area contributed by atoms with Gasteiger partial charge in [-0.1, -0.05) is 194 Å². The van der Waals surface area contributed by atoms with E-state index < -0.39 is 5.97 Å². The predicted molar refractivity (Wildman–Crippen MR) is 197 cm³/mol. The summed E-state index contributed by atoms with van der Waals surface area (Å²) in [5, 5.41) is 8.89. The Kier molecular flexibility index (Phi) is 34.7. The van der Waals surface area contributed by atoms with Crippen LogP contribution < -0.4 is 34.7 Å². The van der Waals surface area contributed by atoms with E-state index in [1.807, 2.05) is 0 Å². The summed E-state index contributed by atoms with van der Waals surface area (Å²) in [7, 11) is 0. The quantitative estimate of drug-likeness (QED) is 0.0498. The van der Waals surface area contributed by atoms with E-state index in [1.165, 1.54) is 193 Å². The Hall–Kier alpha value is 0.350. The van der Waals surface area contributed by atoms with Crippen LogP contribution in [0.4, 0.5) is 0 Å². The molecule has 2 aliphatic heterocycles. The first kappa shape index (κ1) is 48.3. The van der Waals surface area contributed by atoms with Crippen LogP contribution in [-0.2, 0) is 19.0 Å². The molecule has 0 spiro atoms. The zero-order valence-electron chi connectivity index (χ0n) is 33.0. The van der Waals surface area contributed by atoms with Crippen LogP contribution in [0, 0.1) is 0 Å². The first-order valence-corrected chi connectivity index (χ1v) is 21.1. The van der Waals surface area contributed by atoms with Crippen molar-refractivity contribution in [3.63, 3.8) is 0 Å². The first-order valence-electron chi connectivity index (χ1n) is 21.1. The van der Waals surface area contributed by atoms with Crippen molar-refractivity contribution in [3.8, 4) is 0 Å². The van der Waals surface area contributed by atoms with Gasteiger partial charge in [-0.3, -0.25) is 0 Å². The smallest absolute Gasteiger partial charge is 0.550 e. The number of carbonyl (C=O) groups is 1. The second-order valence-electron chi connectivity index (χ2n) is 15.0. The van der Waals surface area contributed by atoms with Crippen molar-refractivity contribution >= 4 is 5.97 Å². The Balaban J connectivity index is 0.00000417. The maximum atomic E-state index is 8.89. The summed E-state index contributed by atoms with van der Waals surface area (Å²) in [6.45, 7) is 7.29. The van der Waals surface area contributed by atoms with Crippen molar-refractivity contribution < 1.29 is 53.7 Å². The van der Waals surface area contributed by atoms with Crippen LogP contribution in [-0.4, -0.2) is 30.8 Å². The van der Waals surface area contributed by atoms with Gasteiger partial charge in [0.25, 0.3) is 0 Å². The molecule has 2 rings (SSSR count). The average Bonchev–Trinajstić information content (AvgIpc) is 3.01. The van der Waals surface area contributed by atoms with Crippen LogP contribution in [0.3, 0.4) is 0 Å². The topological polar surface area (TPSA) is 67.8 Å². The van der Waals surface area contributed by atoms with Gasteiger partial charge in [0, 0.05) is 31.7 Å². The fraction of sp³-hybridized carbons (Fsp3) is 0.976. The molecule has 0 aromatic carbocycles. The number of carboxylic acids is 1. The van der Waals surface area contributed by atoms with Crippen LogP contribution in [0.5, 0.6) is 0 Å². The van der Waals surface area contributed by atoms with Gasteiger partial charge in [-0.2, -0.15) is 0 Å². The second kappa shape index (κ2) is 34.4. The molecule has 0 bridgehead atoms. The molecule has 2 fully saturated rings. The van der Waals surface area contributed by atoms with E-state index in [-0.39, 0.29) is 41.1 Å². The minimum atomic E-state index is -1.08. The van der Waals surface area contributed by atoms with Crippen LogP contribution in [0.1, 0.15) is 239 Å². The molecule has 0 radical (unpaired) electrons. The standard InChI is InChI=1S/C40H78O3.C2H4O2.Na/c1-3-5-7-9-11-13-15-17-19-21-23-25-27-29-31-33-39(35-37-41-39)43-40(36-38-42-40)34-32-30-28-26-24-22-20-18-16-14-12-10-8-6-4-2;1-2(3)4;/h3-38H2,1-2H3;1H3,(H,3,4);/q;;+1/p-1. The summed E-state index contributed by atoms with van der Waals surface area (Å²) < 4.78 is 18.9. The Bertz CT molecular complexity index is 625. The van der Waals surface area contributed by atoms with E-state index in [9.17, 15) is 0 Å². The number of hydrogen-bond donors (Lipinski definition) is 0. The van der Waals surface area contributed by atoms with Gasteiger partial charge in [0.1, 0.15) is 0 Å². The first-order chi connectivity index (χ1) is 23.0. The van der Waals surface area contributed by atoms with Crippen LogP contribution in [0.2, 0.25) is 0 Å². The van der Waals surface area contributed by atoms with E-state index in [2.05, 4.69) is 13.8 Å². The molecule has 48 heavy (non-hydrogen) atoms. The van der Waals surface area contributed by atoms with Crippen LogP contribution in [0.25, 0.3) is 0 Å². The van der Waals surface area contributed by atoms with Crippen molar-refractivity contribution in [2.75, 3.05) is 13.2 Å². The maximum Gasteiger partial charge on any atom is 1.00 e. The van der Waals surface area contributed by atoms with E-state index in [0.29, 0.717) is 0 Å². The molecule has 0 amide bonds. The van der Waals surface area contributed by atoms with Gasteiger partial charge in [-0.05, 0) is 19.8 Å². The third-order valence-corrected chi connectivity index (χ3v) is 10.4. The third-order valence-electron chi connectivity index (χ3n) is 10.4. The molecule has 2 heterocycles. The molecule has 2 aliphatic rings. The number of hydrogen-bond acceptors (Lipinski definition) is 5. The molecular weight excluding hydrogens is 607 g/mol. The number of unbranched alkanes of at least 4 members (excludes halogenated alkanes) is 28. The molecule has 2 saturated heterocycles. The van der Waals surface area contributed by atoms with Crippen molar-refractivity contribution in [2.45, 2.75) is 251 Å². The molecule has 0 aliphatic carbocycles. The number of aliphatic carboxylic acids is 1. The summed E-state index contributed by atoms with van der Waals surface area (Å²) in [5.41, 5.74) is 0. The van der Waals surface area contributed by atoms with Gasteiger partial charge in [0.2, 0.25) is 0 Å². The zero-order valence-corrected chi connectivity index (χ0v) is 35.0. The molecule has 0 aromatic heterocycles. The summed E-state index contributed by atoms with van der Waals surface area (Å²) in [5.74, 6) is -1.76.